The Hall–Kier alpha value is -2.62. The van der Waals surface area contributed by atoms with Crippen molar-refractivity contribution in [1.29, 1.82) is 0 Å². The van der Waals surface area contributed by atoms with Crippen LogP contribution in [0.1, 0.15) is 193 Å². The van der Waals surface area contributed by atoms with Crippen LogP contribution in [0.5, 0.6) is 0 Å². The van der Waals surface area contributed by atoms with Crippen LogP contribution in [0.3, 0.4) is 0 Å². The molecule has 4 nitrogen and oxygen atoms in total. The van der Waals surface area contributed by atoms with Gasteiger partial charge in [-0.2, -0.15) is 0 Å². The van der Waals surface area contributed by atoms with Crippen molar-refractivity contribution in [2.75, 3.05) is 0 Å². The number of rotatable bonds is 30. The lowest BCUT2D eigenvalue weighted by Crippen LogP contribution is -2.24. The Morgan fingerprint density at radius 3 is 1.22 bits per heavy atom. The molecule has 0 aromatic heterocycles. The van der Waals surface area contributed by atoms with E-state index in [2.05, 4.69) is 27.7 Å². The van der Waals surface area contributed by atoms with Gasteiger partial charge in [-0.15, -0.1) is 0 Å². The Morgan fingerprint density at radius 2 is 0.816 bits per heavy atom. The van der Waals surface area contributed by atoms with E-state index in [1.165, 1.54) is 103 Å². The zero-order valence-electron chi connectivity index (χ0n) is 32.0. The second-order valence-electron chi connectivity index (χ2n) is 15.3. The molecule has 0 saturated carbocycles. The minimum Gasteiger partial charge on any atom is -0.462 e. The Bertz CT molecular complexity index is 1020. The highest BCUT2D eigenvalue weighted by Crippen LogP contribution is 2.27. The highest BCUT2D eigenvalue weighted by Gasteiger charge is 2.24. The van der Waals surface area contributed by atoms with E-state index in [9.17, 15) is 9.59 Å². The van der Waals surface area contributed by atoms with Crippen LogP contribution >= 0.6 is 0 Å². The maximum atomic E-state index is 13.4. The van der Waals surface area contributed by atoms with Crippen LogP contribution in [0.25, 0.3) is 0 Å². The summed E-state index contributed by atoms with van der Waals surface area (Å²) in [6.45, 7) is 9.22. The van der Waals surface area contributed by atoms with Crippen molar-refractivity contribution < 1.29 is 19.1 Å². The fraction of sp³-hybridized carbons (Fsp3) is 0.689. The van der Waals surface area contributed by atoms with Crippen LogP contribution in [0, 0.1) is 11.8 Å². The van der Waals surface area contributed by atoms with Gasteiger partial charge in [-0.25, -0.2) is 0 Å². The molecule has 0 aliphatic rings. The molecule has 276 valence electrons. The molecular formula is C45H72O4. The third kappa shape index (κ3) is 22.7. The lowest BCUT2D eigenvalue weighted by atomic mass is 10.0. The summed E-state index contributed by atoms with van der Waals surface area (Å²) in [6.07, 6.45) is 25.2. The molecular weight excluding hydrogens is 604 g/mol. The smallest absolute Gasteiger partial charge is 0.310 e. The van der Waals surface area contributed by atoms with E-state index in [4.69, 9.17) is 9.47 Å². The summed E-state index contributed by atoms with van der Waals surface area (Å²) < 4.78 is 12.1. The summed E-state index contributed by atoms with van der Waals surface area (Å²) >= 11 is 0. The Kier molecular flexibility index (Phi) is 24.4. The van der Waals surface area contributed by atoms with Gasteiger partial charge in [0.1, 0.15) is 6.10 Å². The van der Waals surface area contributed by atoms with Gasteiger partial charge >= 0.3 is 11.9 Å². The van der Waals surface area contributed by atoms with E-state index >= 15 is 0 Å². The predicted octanol–water partition coefficient (Wildman–Crippen LogP) is 13.5. The van der Waals surface area contributed by atoms with Crippen molar-refractivity contribution in [3.63, 3.8) is 0 Å². The van der Waals surface area contributed by atoms with E-state index < -0.39 is 12.2 Å². The van der Waals surface area contributed by atoms with Crippen LogP contribution in [-0.2, 0) is 19.1 Å². The van der Waals surface area contributed by atoms with Crippen molar-refractivity contribution in [2.45, 2.75) is 188 Å². The summed E-state index contributed by atoms with van der Waals surface area (Å²) in [7, 11) is 0. The van der Waals surface area contributed by atoms with Gasteiger partial charge < -0.3 is 9.47 Å². The standard InChI is InChI=1S/C45H72O4/c1-38(2)29-21-15-11-7-5-9-13-17-27-35-42(48-43(46)36-28-18-14-10-6-8-12-16-22-30-39(3)4)37-44(47)49-45(40-31-23-19-24-32-40)41-33-25-20-26-34-41/h19-20,23-26,31-34,38-39,42,45H,5-18,21-22,27-30,35-37H2,1-4H3/t42-/m0/s1. The lowest BCUT2D eigenvalue weighted by molar-refractivity contribution is -0.157. The first-order valence-electron chi connectivity index (χ1n) is 20.3. The fourth-order valence-corrected chi connectivity index (χ4v) is 6.62. The van der Waals surface area contributed by atoms with Crippen molar-refractivity contribution in [3.8, 4) is 0 Å². The summed E-state index contributed by atoms with van der Waals surface area (Å²) in [4.78, 5) is 26.3. The van der Waals surface area contributed by atoms with Gasteiger partial charge in [0.15, 0.2) is 6.10 Å². The molecule has 2 aromatic carbocycles. The number of carbonyl (C=O) groups excluding carboxylic acids is 2. The predicted molar refractivity (Wildman–Crippen MR) is 207 cm³/mol. The summed E-state index contributed by atoms with van der Waals surface area (Å²) in [6, 6.07) is 19.7. The van der Waals surface area contributed by atoms with E-state index in [1.54, 1.807) is 0 Å². The van der Waals surface area contributed by atoms with Crippen LogP contribution in [0.2, 0.25) is 0 Å². The first kappa shape index (κ1) is 42.5. The average molecular weight is 677 g/mol. The van der Waals surface area contributed by atoms with E-state index in [-0.39, 0.29) is 18.4 Å². The molecule has 1 atom stereocenters. The zero-order chi connectivity index (χ0) is 35.4. The normalized spacial score (nSPS) is 12.1. The average Bonchev–Trinajstić information content (AvgIpc) is 3.09. The molecule has 0 bridgehead atoms. The molecule has 0 aliphatic heterocycles. The molecule has 0 amide bonds. The third-order valence-corrected chi connectivity index (χ3v) is 9.62. The lowest BCUT2D eigenvalue weighted by Gasteiger charge is -2.22. The molecule has 0 N–H and O–H groups in total. The van der Waals surface area contributed by atoms with E-state index in [0.29, 0.717) is 12.8 Å². The largest absolute Gasteiger partial charge is 0.462 e. The highest BCUT2D eigenvalue weighted by molar-refractivity contribution is 5.73. The number of hydrogen-bond acceptors (Lipinski definition) is 4. The number of benzene rings is 2. The summed E-state index contributed by atoms with van der Waals surface area (Å²) in [5, 5.41) is 0. The molecule has 2 aromatic rings. The number of hydrogen-bond donors (Lipinski definition) is 0. The highest BCUT2D eigenvalue weighted by atomic mass is 16.6. The van der Waals surface area contributed by atoms with Crippen molar-refractivity contribution in [3.05, 3.63) is 71.8 Å². The second-order valence-corrected chi connectivity index (χ2v) is 15.3. The van der Waals surface area contributed by atoms with E-state index in [1.807, 2.05) is 60.7 Å². The van der Waals surface area contributed by atoms with Crippen molar-refractivity contribution in [1.82, 2.24) is 0 Å². The molecule has 0 spiro atoms. The van der Waals surface area contributed by atoms with Gasteiger partial charge in [-0.1, -0.05) is 204 Å². The van der Waals surface area contributed by atoms with Gasteiger partial charge in [-0.3, -0.25) is 9.59 Å². The van der Waals surface area contributed by atoms with Crippen molar-refractivity contribution in [2.24, 2.45) is 11.8 Å². The quantitative estimate of drug-likeness (QED) is 0.0610. The number of unbranched alkanes of at least 4 members (excludes halogenated alkanes) is 16. The van der Waals surface area contributed by atoms with Gasteiger partial charge in [0.05, 0.1) is 6.42 Å². The zero-order valence-corrected chi connectivity index (χ0v) is 32.0. The Morgan fingerprint density at radius 1 is 0.449 bits per heavy atom. The summed E-state index contributed by atoms with van der Waals surface area (Å²) in [5.74, 6) is 1.13. The SMILES string of the molecule is CC(C)CCCCCCCCCCCC(=O)O[C@@H](CCCCCCCCCCCC(C)C)CC(=O)OC(c1ccccc1)c1ccccc1. The van der Waals surface area contributed by atoms with Gasteiger partial charge in [0.25, 0.3) is 0 Å². The number of carbonyl (C=O) groups is 2. The van der Waals surface area contributed by atoms with Crippen LogP contribution < -0.4 is 0 Å². The molecule has 0 aliphatic carbocycles. The first-order chi connectivity index (χ1) is 23.8. The maximum absolute atomic E-state index is 13.4. The molecule has 0 radical (unpaired) electrons. The Balaban J connectivity index is 1.78. The van der Waals surface area contributed by atoms with Gasteiger partial charge in [0.2, 0.25) is 0 Å². The monoisotopic (exact) mass is 677 g/mol. The molecule has 0 unspecified atom stereocenters. The van der Waals surface area contributed by atoms with E-state index in [0.717, 1.165) is 48.6 Å². The molecule has 0 heterocycles. The maximum Gasteiger partial charge on any atom is 0.310 e. The molecule has 4 heteroatoms. The topological polar surface area (TPSA) is 52.6 Å². The minimum absolute atomic E-state index is 0.0927. The third-order valence-electron chi connectivity index (χ3n) is 9.62. The van der Waals surface area contributed by atoms with Crippen LogP contribution in [0.4, 0.5) is 0 Å². The first-order valence-corrected chi connectivity index (χ1v) is 20.3. The van der Waals surface area contributed by atoms with Crippen molar-refractivity contribution >= 4 is 11.9 Å². The molecule has 0 saturated heterocycles. The second kappa shape index (κ2) is 28.1. The Labute approximate surface area is 301 Å². The molecule has 49 heavy (non-hydrogen) atoms. The minimum atomic E-state index is -0.489. The fourth-order valence-electron chi connectivity index (χ4n) is 6.62. The van der Waals surface area contributed by atoms with Gasteiger partial charge in [0, 0.05) is 6.42 Å². The van der Waals surface area contributed by atoms with Crippen LogP contribution in [0.15, 0.2) is 60.7 Å². The number of esters is 2. The van der Waals surface area contributed by atoms with Gasteiger partial charge in [-0.05, 0) is 42.2 Å². The number of ether oxygens (including phenoxy) is 2. The summed E-state index contributed by atoms with van der Waals surface area (Å²) in [5.41, 5.74) is 1.86. The molecule has 2 rings (SSSR count). The molecule has 0 fully saturated rings. The van der Waals surface area contributed by atoms with Crippen LogP contribution in [-0.4, -0.2) is 18.0 Å².